The van der Waals surface area contributed by atoms with Gasteiger partial charge in [-0.1, -0.05) is 45.0 Å². The summed E-state index contributed by atoms with van der Waals surface area (Å²) in [5.74, 6) is 7.53. The average molecular weight is 292 g/mol. The largest absolute Gasteiger partial charge is 0.271 e. The molecule has 0 fully saturated rings. The number of benzene rings is 1. The fourth-order valence-corrected chi connectivity index (χ4v) is 3.91. The van der Waals surface area contributed by atoms with E-state index in [9.17, 15) is 0 Å². The first-order valence-electron chi connectivity index (χ1n) is 7.67. The zero-order valence-corrected chi connectivity index (χ0v) is 13.8. The van der Waals surface area contributed by atoms with E-state index >= 15 is 0 Å². The van der Waals surface area contributed by atoms with Crippen molar-refractivity contribution >= 4 is 11.8 Å². The molecule has 0 heterocycles. The SMILES string of the molecule is CC(C)(C)SCC(CC1CCCc2ccccc21)NN. The minimum atomic E-state index is 0.305. The predicted octanol–water partition coefficient (Wildman–Crippen LogP) is 3.86. The highest BCUT2D eigenvalue weighted by molar-refractivity contribution is 8.00. The molecule has 0 radical (unpaired) electrons. The third kappa shape index (κ3) is 4.51. The van der Waals surface area contributed by atoms with E-state index in [4.69, 9.17) is 5.84 Å². The Kier molecular flexibility index (Phi) is 5.53. The van der Waals surface area contributed by atoms with Crippen molar-refractivity contribution in [3.05, 3.63) is 35.4 Å². The molecule has 3 N–H and O–H groups in total. The number of nitrogens with one attached hydrogen (secondary N) is 1. The molecule has 1 aliphatic carbocycles. The summed E-state index contributed by atoms with van der Waals surface area (Å²) in [7, 11) is 0. The first kappa shape index (κ1) is 15.9. The molecule has 2 nitrogen and oxygen atoms in total. The molecule has 0 spiro atoms. The molecule has 112 valence electrons. The van der Waals surface area contributed by atoms with Crippen LogP contribution in [0.4, 0.5) is 0 Å². The number of thioether (sulfide) groups is 1. The van der Waals surface area contributed by atoms with Gasteiger partial charge in [-0.25, -0.2) is 0 Å². The lowest BCUT2D eigenvalue weighted by molar-refractivity contribution is 0.439. The van der Waals surface area contributed by atoms with Crippen LogP contribution in [0.15, 0.2) is 24.3 Å². The maximum absolute atomic E-state index is 5.78. The van der Waals surface area contributed by atoms with Gasteiger partial charge in [0.2, 0.25) is 0 Å². The fraction of sp³-hybridized carbons (Fsp3) is 0.647. The lowest BCUT2D eigenvalue weighted by Crippen LogP contribution is -2.39. The van der Waals surface area contributed by atoms with Gasteiger partial charge in [0, 0.05) is 16.5 Å². The van der Waals surface area contributed by atoms with Crippen LogP contribution in [0.2, 0.25) is 0 Å². The van der Waals surface area contributed by atoms with Crippen LogP contribution >= 0.6 is 11.8 Å². The summed E-state index contributed by atoms with van der Waals surface area (Å²) in [6, 6.07) is 9.33. The van der Waals surface area contributed by atoms with Crippen molar-refractivity contribution in [2.75, 3.05) is 5.75 Å². The van der Waals surface area contributed by atoms with Gasteiger partial charge in [0.15, 0.2) is 0 Å². The second kappa shape index (κ2) is 6.97. The molecule has 0 saturated heterocycles. The van der Waals surface area contributed by atoms with E-state index in [0.29, 0.717) is 16.7 Å². The van der Waals surface area contributed by atoms with Gasteiger partial charge in [0.25, 0.3) is 0 Å². The Morgan fingerprint density at radius 1 is 1.35 bits per heavy atom. The van der Waals surface area contributed by atoms with Crippen molar-refractivity contribution < 1.29 is 0 Å². The van der Waals surface area contributed by atoms with E-state index in [1.807, 2.05) is 11.8 Å². The van der Waals surface area contributed by atoms with E-state index in [1.54, 1.807) is 11.1 Å². The van der Waals surface area contributed by atoms with Crippen LogP contribution in [0.1, 0.15) is 57.1 Å². The summed E-state index contributed by atoms with van der Waals surface area (Å²) >= 11 is 1.99. The molecule has 1 aliphatic rings. The maximum Gasteiger partial charge on any atom is 0.0307 e. The molecule has 20 heavy (non-hydrogen) atoms. The zero-order valence-electron chi connectivity index (χ0n) is 13.0. The molecule has 1 aromatic rings. The Bertz CT molecular complexity index is 425. The zero-order chi connectivity index (χ0) is 14.6. The Morgan fingerprint density at radius 3 is 2.80 bits per heavy atom. The van der Waals surface area contributed by atoms with E-state index in [1.165, 1.54) is 19.3 Å². The van der Waals surface area contributed by atoms with Gasteiger partial charge in [-0.2, -0.15) is 11.8 Å². The average Bonchev–Trinajstić information content (AvgIpc) is 2.42. The molecule has 2 atom stereocenters. The molecule has 3 heteroatoms. The van der Waals surface area contributed by atoms with Gasteiger partial charge in [-0.3, -0.25) is 11.3 Å². The monoisotopic (exact) mass is 292 g/mol. The second-order valence-electron chi connectivity index (χ2n) is 6.81. The number of fused-ring (bicyclic) bond motifs is 1. The Hall–Kier alpha value is -0.510. The molecule has 1 aromatic carbocycles. The third-order valence-corrected chi connectivity index (χ3v) is 5.45. The van der Waals surface area contributed by atoms with Crippen LogP contribution in [0, 0.1) is 0 Å². The lowest BCUT2D eigenvalue weighted by atomic mass is 9.80. The molecule has 2 rings (SSSR count). The van der Waals surface area contributed by atoms with Crippen LogP contribution in [-0.2, 0) is 6.42 Å². The van der Waals surface area contributed by atoms with Crippen molar-refractivity contribution in [3.63, 3.8) is 0 Å². The standard InChI is InChI=1S/C17H28N2S/c1-17(2,3)20-12-15(19-18)11-14-9-6-8-13-7-4-5-10-16(13)14/h4-5,7,10,14-15,19H,6,8-9,11-12,18H2,1-3H3. The van der Waals surface area contributed by atoms with Crippen LogP contribution in [0.3, 0.4) is 0 Å². The van der Waals surface area contributed by atoms with Crippen molar-refractivity contribution in [1.29, 1.82) is 0 Å². The maximum atomic E-state index is 5.78. The summed E-state index contributed by atoms with van der Waals surface area (Å²) in [5, 5.41) is 0. The molecular weight excluding hydrogens is 264 g/mol. The normalized spacial score (nSPS) is 20.5. The molecular formula is C17H28N2S. The quantitative estimate of drug-likeness (QED) is 0.639. The number of hydrogen-bond acceptors (Lipinski definition) is 3. The van der Waals surface area contributed by atoms with Crippen LogP contribution < -0.4 is 11.3 Å². The highest BCUT2D eigenvalue weighted by Gasteiger charge is 2.24. The molecule has 0 bridgehead atoms. The summed E-state index contributed by atoms with van der Waals surface area (Å²) in [4.78, 5) is 0. The highest BCUT2D eigenvalue weighted by Crippen LogP contribution is 2.35. The summed E-state index contributed by atoms with van der Waals surface area (Å²) in [6.45, 7) is 6.80. The Balaban J connectivity index is 1.98. The predicted molar refractivity (Wildman–Crippen MR) is 90.1 cm³/mol. The summed E-state index contributed by atoms with van der Waals surface area (Å²) in [5.41, 5.74) is 6.13. The number of aryl methyl sites for hydroxylation is 1. The number of hydrazine groups is 1. The molecule has 0 saturated carbocycles. The minimum absolute atomic E-state index is 0.305. The van der Waals surface area contributed by atoms with Crippen molar-refractivity contribution in [2.45, 2.75) is 63.2 Å². The number of hydrogen-bond donors (Lipinski definition) is 2. The van der Waals surface area contributed by atoms with E-state index < -0.39 is 0 Å². The van der Waals surface area contributed by atoms with Crippen molar-refractivity contribution in [3.8, 4) is 0 Å². The van der Waals surface area contributed by atoms with Gasteiger partial charge in [-0.05, 0) is 42.7 Å². The van der Waals surface area contributed by atoms with Crippen molar-refractivity contribution in [2.24, 2.45) is 5.84 Å². The fourth-order valence-electron chi connectivity index (χ4n) is 2.98. The minimum Gasteiger partial charge on any atom is -0.271 e. The van der Waals surface area contributed by atoms with Crippen molar-refractivity contribution in [1.82, 2.24) is 5.43 Å². The summed E-state index contributed by atoms with van der Waals surface area (Å²) < 4.78 is 0.305. The van der Waals surface area contributed by atoms with E-state index in [0.717, 1.165) is 12.2 Å². The Morgan fingerprint density at radius 2 is 2.10 bits per heavy atom. The van der Waals surface area contributed by atoms with Gasteiger partial charge < -0.3 is 0 Å². The van der Waals surface area contributed by atoms with Gasteiger partial charge in [-0.15, -0.1) is 0 Å². The number of nitrogens with two attached hydrogens (primary N) is 1. The lowest BCUT2D eigenvalue weighted by Gasteiger charge is -2.30. The molecule has 0 aliphatic heterocycles. The topological polar surface area (TPSA) is 38.0 Å². The van der Waals surface area contributed by atoms with Crippen LogP contribution in [0.5, 0.6) is 0 Å². The van der Waals surface area contributed by atoms with E-state index in [-0.39, 0.29) is 0 Å². The molecule has 0 amide bonds. The highest BCUT2D eigenvalue weighted by atomic mass is 32.2. The molecule has 0 aromatic heterocycles. The first-order chi connectivity index (χ1) is 9.49. The smallest absolute Gasteiger partial charge is 0.0307 e. The third-order valence-electron chi connectivity index (χ3n) is 4.02. The van der Waals surface area contributed by atoms with Gasteiger partial charge >= 0.3 is 0 Å². The van der Waals surface area contributed by atoms with E-state index in [2.05, 4.69) is 50.5 Å². The van der Waals surface area contributed by atoms with Crippen LogP contribution in [-0.4, -0.2) is 16.5 Å². The number of rotatable bonds is 5. The van der Waals surface area contributed by atoms with Gasteiger partial charge in [0.1, 0.15) is 0 Å². The molecule has 2 unspecified atom stereocenters. The Labute approximate surface area is 127 Å². The van der Waals surface area contributed by atoms with Gasteiger partial charge in [0.05, 0.1) is 0 Å². The first-order valence-corrected chi connectivity index (χ1v) is 8.66. The summed E-state index contributed by atoms with van der Waals surface area (Å²) in [6.07, 6.45) is 5.00. The van der Waals surface area contributed by atoms with Crippen LogP contribution in [0.25, 0.3) is 0 Å². The second-order valence-corrected chi connectivity index (χ2v) is 8.66.